The van der Waals surface area contributed by atoms with Crippen molar-refractivity contribution >= 4 is 22.9 Å². The maximum atomic E-state index is 13.3. The van der Waals surface area contributed by atoms with Gasteiger partial charge < -0.3 is 26.1 Å². The van der Waals surface area contributed by atoms with E-state index in [4.69, 9.17) is 10.5 Å². The van der Waals surface area contributed by atoms with Crippen molar-refractivity contribution in [3.63, 3.8) is 0 Å². The van der Waals surface area contributed by atoms with Gasteiger partial charge in [-0.3, -0.25) is 4.79 Å². The minimum atomic E-state index is -1.14. The zero-order valence-electron chi connectivity index (χ0n) is 20.9. The minimum Gasteiger partial charge on any atom is -0.445 e. The Morgan fingerprint density at radius 2 is 1.76 bits per heavy atom. The number of hydrogen-bond donors (Lipinski definition) is 4. The lowest BCUT2D eigenvalue weighted by atomic mass is 9.89. The fourth-order valence-corrected chi connectivity index (χ4v) is 5.19. The van der Waals surface area contributed by atoms with Gasteiger partial charge in [-0.05, 0) is 48.1 Å². The quantitative estimate of drug-likeness (QED) is 0.291. The summed E-state index contributed by atoms with van der Waals surface area (Å²) in [6.07, 6.45) is 3.20. The van der Waals surface area contributed by atoms with Gasteiger partial charge in [-0.15, -0.1) is 0 Å². The summed E-state index contributed by atoms with van der Waals surface area (Å²) < 4.78 is 5.52. The number of ether oxygens (including phenoxy) is 1. The van der Waals surface area contributed by atoms with E-state index in [1.54, 1.807) is 6.92 Å². The maximum Gasteiger partial charge on any atom is 0.408 e. The van der Waals surface area contributed by atoms with Gasteiger partial charge in [-0.1, -0.05) is 72.8 Å². The van der Waals surface area contributed by atoms with Crippen molar-refractivity contribution in [3.8, 4) is 0 Å². The lowest BCUT2D eigenvalue weighted by molar-refractivity contribution is -0.126. The summed E-state index contributed by atoms with van der Waals surface area (Å²) in [6, 6.07) is 25.5. The minimum absolute atomic E-state index is 0.169. The SMILES string of the molecule is C[C@@](N)(Cc1c[nH]c2ccccc12)C(=O)NC[C@@]1(NC(=O)OCc2ccccc2)CCc2ccccc21. The van der Waals surface area contributed by atoms with Crippen LogP contribution in [0.3, 0.4) is 0 Å². The van der Waals surface area contributed by atoms with Crippen LogP contribution < -0.4 is 16.4 Å². The molecule has 1 aliphatic carbocycles. The van der Waals surface area contributed by atoms with Gasteiger partial charge in [0.25, 0.3) is 0 Å². The van der Waals surface area contributed by atoms with Crippen LogP contribution in [0, 0.1) is 0 Å². The van der Waals surface area contributed by atoms with E-state index in [2.05, 4.69) is 21.7 Å². The van der Waals surface area contributed by atoms with E-state index < -0.39 is 17.2 Å². The molecule has 2 atom stereocenters. The monoisotopic (exact) mass is 496 g/mol. The number of hydrogen-bond acceptors (Lipinski definition) is 4. The lowest BCUT2D eigenvalue weighted by Crippen LogP contribution is -2.58. The Hall–Kier alpha value is -4.10. The lowest BCUT2D eigenvalue weighted by Gasteiger charge is -2.33. The van der Waals surface area contributed by atoms with Gasteiger partial charge in [-0.25, -0.2) is 4.79 Å². The molecule has 0 unspecified atom stereocenters. The van der Waals surface area contributed by atoms with Gasteiger partial charge in [0.05, 0.1) is 11.1 Å². The summed E-state index contributed by atoms with van der Waals surface area (Å²) in [5.74, 6) is -0.277. The highest BCUT2D eigenvalue weighted by Crippen LogP contribution is 2.37. The molecule has 0 fully saturated rings. The number of alkyl carbamates (subject to hydrolysis) is 1. The van der Waals surface area contributed by atoms with E-state index >= 15 is 0 Å². The molecule has 0 saturated heterocycles. The highest BCUT2D eigenvalue weighted by molar-refractivity contribution is 5.88. The molecule has 0 spiro atoms. The van der Waals surface area contributed by atoms with Gasteiger partial charge in [0.2, 0.25) is 5.91 Å². The number of benzene rings is 3. The topological polar surface area (TPSA) is 109 Å². The molecule has 190 valence electrons. The first-order chi connectivity index (χ1) is 17.9. The van der Waals surface area contributed by atoms with E-state index in [9.17, 15) is 9.59 Å². The molecule has 0 aliphatic heterocycles. The van der Waals surface area contributed by atoms with Crippen LogP contribution in [-0.2, 0) is 34.5 Å². The first-order valence-electron chi connectivity index (χ1n) is 12.6. The Morgan fingerprint density at radius 3 is 2.59 bits per heavy atom. The fraction of sp³-hybridized carbons (Fsp3) is 0.267. The number of carbonyl (C=O) groups is 2. The van der Waals surface area contributed by atoms with Crippen molar-refractivity contribution in [1.82, 2.24) is 15.6 Å². The number of aryl methyl sites for hydroxylation is 1. The summed E-state index contributed by atoms with van der Waals surface area (Å²) >= 11 is 0. The Kier molecular flexibility index (Phi) is 6.72. The zero-order chi connectivity index (χ0) is 25.9. The van der Waals surface area contributed by atoms with E-state index in [0.717, 1.165) is 39.6 Å². The van der Waals surface area contributed by atoms with Gasteiger partial charge in [-0.2, -0.15) is 0 Å². The summed E-state index contributed by atoms with van der Waals surface area (Å²) in [7, 11) is 0. The molecule has 3 aromatic carbocycles. The van der Waals surface area contributed by atoms with Gasteiger partial charge in [0.1, 0.15) is 6.61 Å². The number of nitrogens with one attached hydrogen (secondary N) is 3. The molecule has 7 nitrogen and oxygen atoms in total. The highest BCUT2D eigenvalue weighted by atomic mass is 16.5. The van der Waals surface area contributed by atoms with Gasteiger partial charge in [0, 0.05) is 30.1 Å². The molecule has 7 heteroatoms. The average Bonchev–Trinajstić information content (AvgIpc) is 3.48. The van der Waals surface area contributed by atoms with E-state index in [0.29, 0.717) is 12.8 Å². The van der Waals surface area contributed by atoms with E-state index in [1.807, 2.05) is 79.0 Å². The van der Waals surface area contributed by atoms with Crippen LogP contribution in [0.5, 0.6) is 0 Å². The predicted molar refractivity (Wildman–Crippen MR) is 144 cm³/mol. The van der Waals surface area contributed by atoms with Crippen molar-refractivity contribution in [3.05, 3.63) is 107 Å². The molecule has 2 amide bonds. The first-order valence-corrected chi connectivity index (χ1v) is 12.6. The number of amides is 2. The number of aromatic nitrogens is 1. The molecule has 0 bridgehead atoms. The van der Waals surface area contributed by atoms with Gasteiger partial charge in [0.15, 0.2) is 0 Å². The van der Waals surface area contributed by atoms with Crippen LogP contribution in [0.1, 0.15) is 35.6 Å². The van der Waals surface area contributed by atoms with E-state index in [1.165, 1.54) is 0 Å². The third-order valence-electron chi connectivity index (χ3n) is 7.21. The number of aromatic amines is 1. The van der Waals surface area contributed by atoms with Crippen molar-refractivity contribution in [2.75, 3.05) is 6.54 Å². The fourth-order valence-electron chi connectivity index (χ4n) is 5.19. The van der Waals surface area contributed by atoms with Crippen molar-refractivity contribution in [2.45, 2.75) is 43.9 Å². The van der Waals surface area contributed by atoms with Crippen molar-refractivity contribution in [2.24, 2.45) is 5.73 Å². The number of para-hydroxylation sites is 1. The smallest absolute Gasteiger partial charge is 0.408 e. The number of nitrogens with two attached hydrogens (primary N) is 1. The maximum absolute atomic E-state index is 13.3. The first kappa shape index (κ1) is 24.6. The average molecular weight is 497 g/mol. The third kappa shape index (κ3) is 5.22. The number of fused-ring (bicyclic) bond motifs is 2. The molecule has 5 rings (SSSR count). The number of rotatable bonds is 8. The molecule has 0 saturated carbocycles. The Balaban J connectivity index is 1.30. The van der Waals surface area contributed by atoms with Crippen LogP contribution >= 0.6 is 0 Å². The van der Waals surface area contributed by atoms with Crippen LogP contribution in [-0.4, -0.2) is 29.1 Å². The molecular weight excluding hydrogens is 464 g/mol. The number of carbonyl (C=O) groups excluding carboxylic acids is 2. The van der Waals surface area contributed by atoms with Gasteiger partial charge >= 0.3 is 6.09 Å². The van der Waals surface area contributed by atoms with Crippen LogP contribution in [0.4, 0.5) is 4.79 Å². The zero-order valence-corrected chi connectivity index (χ0v) is 20.9. The van der Waals surface area contributed by atoms with Crippen molar-refractivity contribution in [1.29, 1.82) is 0 Å². The summed E-state index contributed by atoms with van der Waals surface area (Å²) in [5, 5.41) is 7.17. The molecule has 1 aliphatic rings. The van der Waals surface area contributed by atoms with Crippen molar-refractivity contribution < 1.29 is 14.3 Å². The standard InChI is InChI=1S/C30H32N4O3/c1-29(31,17-23-18-32-26-14-8-6-12-24(23)26)27(35)33-20-30(16-15-22-11-5-7-13-25(22)30)34-28(36)37-19-21-9-3-2-4-10-21/h2-14,18,32H,15-17,19-20,31H2,1H3,(H,33,35)(H,34,36)/t29-,30+/m1/s1. The highest BCUT2D eigenvalue weighted by Gasteiger charge is 2.42. The second-order valence-corrected chi connectivity index (χ2v) is 10.1. The Labute approximate surface area is 216 Å². The Morgan fingerprint density at radius 1 is 1.03 bits per heavy atom. The van der Waals surface area contributed by atoms with Crippen LogP contribution in [0.25, 0.3) is 10.9 Å². The predicted octanol–water partition coefficient (Wildman–Crippen LogP) is 4.31. The normalized spacial score (nSPS) is 18.1. The van der Waals surface area contributed by atoms with E-state index in [-0.39, 0.29) is 19.1 Å². The Bertz CT molecular complexity index is 1410. The molecule has 5 N–H and O–H groups in total. The van der Waals surface area contributed by atoms with Crippen LogP contribution in [0.15, 0.2) is 85.1 Å². The molecule has 1 heterocycles. The third-order valence-corrected chi connectivity index (χ3v) is 7.21. The summed E-state index contributed by atoms with van der Waals surface area (Å²) in [4.78, 5) is 29.5. The molecular formula is C30H32N4O3. The molecule has 37 heavy (non-hydrogen) atoms. The second-order valence-electron chi connectivity index (χ2n) is 10.1. The molecule has 4 aromatic rings. The summed E-state index contributed by atoms with van der Waals surface area (Å²) in [6.45, 7) is 2.12. The van der Waals surface area contributed by atoms with Crippen LogP contribution in [0.2, 0.25) is 0 Å². The summed E-state index contributed by atoms with van der Waals surface area (Å²) in [5.41, 5.74) is 9.65. The molecule has 0 radical (unpaired) electrons. The molecule has 1 aromatic heterocycles. The second kappa shape index (κ2) is 10.1. The number of H-pyrrole nitrogens is 1. The largest absolute Gasteiger partial charge is 0.445 e.